The number of benzene rings is 4. The molecule has 35 heavy (non-hydrogen) atoms. The molecule has 6 nitrogen and oxygen atoms in total. The van der Waals surface area contributed by atoms with Gasteiger partial charge in [-0.25, -0.2) is 0 Å². The molecule has 0 radical (unpaired) electrons. The summed E-state index contributed by atoms with van der Waals surface area (Å²) in [5.41, 5.74) is 1.50. The van der Waals surface area contributed by atoms with Gasteiger partial charge >= 0.3 is 19.5 Å². The Morgan fingerprint density at radius 1 is 0.600 bits per heavy atom. The van der Waals surface area contributed by atoms with Crippen LogP contribution >= 0.6 is 0 Å². The Balaban J connectivity index is 0.000000240. The second-order valence-corrected chi connectivity index (χ2v) is 8.03. The Labute approximate surface area is 217 Å². The Morgan fingerprint density at radius 2 is 0.914 bits per heavy atom. The Morgan fingerprint density at radius 3 is 1.23 bits per heavy atom. The molecule has 0 spiro atoms. The molecule has 0 saturated heterocycles. The van der Waals surface area contributed by atoms with Crippen molar-refractivity contribution < 1.29 is 48.8 Å². The number of carbonyl (C=O) groups excluding carboxylic acids is 2. The standard InChI is InChI=1S/2C14H14O3.Zn/c2*1-9(14(15)16)10-3-4-12-8-13(17-2)6-5-11(12)7-10;/h2*3-9H,1-2H3,(H,15,16);/q;;+2/p-2. The van der Waals surface area contributed by atoms with E-state index in [0.29, 0.717) is 0 Å². The van der Waals surface area contributed by atoms with Gasteiger partial charge in [0.05, 0.1) is 14.2 Å². The van der Waals surface area contributed by atoms with Crippen molar-refractivity contribution in [3.63, 3.8) is 0 Å². The monoisotopic (exact) mass is 522 g/mol. The predicted octanol–water partition coefficient (Wildman–Crippen LogP) is 3.40. The number of aliphatic carboxylic acids is 2. The molecule has 4 aromatic carbocycles. The van der Waals surface area contributed by atoms with Crippen LogP contribution in [0.25, 0.3) is 21.5 Å². The molecule has 0 fully saturated rings. The molecule has 0 aromatic heterocycles. The van der Waals surface area contributed by atoms with Gasteiger partial charge in [0.15, 0.2) is 0 Å². The van der Waals surface area contributed by atoms with E-state index in [1.807, 2.05) is 72.8 Å². The molecular formula is C28H26O6Zn. The average molecular weight is 524 g/mol. The molecule has 7 heteroatoms. The van der Waals surface area contributed by atoms with E-state index in [-0.39, 0.29) is 19.5 Å². The quantitative estimate of drug-likeness (QED) is 0.359. The number of carboxylic acid groups (broad SMARTS) is 2. The van der Waals surface area contributed by atoms with Crippen LogP contribution in [0.1, 0.15) is 36.8 Å². The maximum absolute atomic E-state index is 10.8. The molecule has 0 aliphatic rings. The molecule has 4 aromatic rings. The fourth-order valence-electron chi connectivity index (χ4n) is 3.55. The van der Waals surface area contributed by atoms with Crippen LogP contribution in [0.5, 0.6) is 11.5 Å². The van der Waals surface area contributed by atoms with Crippen molar-refractivity contribution in [2.75, 3.05) is 14.2 Å². The Hall–Kier alpha value is -3.44. The van der Waals surface area contributed by atoms with Crippen LogP contribution < -0.4 is 19.7 Å². The topological polar surface area (TPSA) is 98.7 Å². The summed E-state index contributed by atoms with van der Waals surface area (Å²) in [5.74, 6) is -1.73. The number of carbonyl (C=O) groups is 2. The number of fused-ring (bicyclic) bond motifs is 2. The van der Waals surface area contributed by atoms with Gasteiger partial charge in [0, 0.05) is 23.8 Å². The van der Waals surface area contributed by atoms with Crippen LogP contribution in [0.4, 0.5) is 0 Å². The minimum Gasteiger partial charge on any atom is -0.550 e. The third kappa shape index (κ3) is 6.80. The SMILES string of the molecule is COc1ccc2cc(C(C)C(=O)[O-])ccc2c1.COc1ccc2cc(C(C)C(=O)[O-])ccc2c1.[Zn+2]. The zero-order valence-corrected chi connectivity index (χ0v) is 23.2. The van der Waals surface area contributed by atoms with E-state index in [9.17, 15) is 19.8 Å². The van der Waals surface area contributed by atoms with Gasteiger partial charge in [0.25, 0.3) is 0 Å². The first kappa shape index (κ1) is 27.8. The van der Waals surface area contributed by atoms with E-state index in [4.69, 9.17) is 9.47 Å². The maximum Gasteiger partial charge on any atom is 2.00 e. The molecule has 2 unspecified atom stereocenters. The number of rotatable bonds is 6. The van der Waals surface area contributed by atoms with Crippen molar-refractivity contribution >= 4 is 33.5 Å². The Kier molecular flexibility index (Phi) is 9.79. The zero-order chi connectivity index (χ0) is 24.8. The number of carboxylic acids is 2. The first-order valence-corrected chi connectivity index (χ1v) is 10.8. The van der Waals surface area contributed by atoms with E-state index < -0.39 is 23.8 Å². The molecule has 0 amide bonds. The van der Waals surface area contributed by atoms with Gasteiger partial charge in [0.2, 0.25) is 0 Å². The summed E-state index contributed by atoms with van der Waals surface area (Å²) in [6, 6.07) is 22.5. The van der Waals surface area contributed by atoms with Crippen LogP contribution in [0.3, 0.4) is 0 Å². The molecule has 0 bridgehead atoms. The molecule has 0 aliphatic carbocycles. The smallest absolute Gasteiger partial charge is 0.550 e. The predicted molar refractivity (Wildman–Crippen MR) is 128 cm³/mol. The molecule has 176 valence electrons. The van der Waals surface area contributed by atoms with Gasteiger partial charge in [-0.1, -0.05) is 62.4 Å². The maximum atomic E-state index is 10.8. The van der Waals surface area contributed by atoms with E-state index in [0.717, 1.165) is 44.2 Å². The second kappa shape index (κ2) is 12.3. The van der Waals surface area contributed by atoms with Crippen LogP contribution in [-0.2, 0) is 29.1 Å². The largest absolute Gasteiger partial charge is 2.00 e. The van der Waals surface area contributed by atoms with Crippen LogP contribution in [-0.4, -0.2) is 26.2 Å². The third-order valence-electron chi connectivity index (χ3n) is 5.85. The van der Waals surface area contributed by atoms with E-state index in [2.05, 4.69) is 0 Å². The van der Waals surface area contributed by atoms with Gasteiger partial charge in [0.1, 0.15) is 11.5 Å². The minimum absolute atomic E-state index is 0. The van der Waals surface area contributed by atoms with Gasteiger partial charge < -0.3 is 29.3 Å². The zero-order valence-electron chi connectivity index (χ0n) is 20.2. The van der Waals surface area contributed by atoms with Crippen molar-refractivity contribution in [3.05, 3.63) is 83.9 Å². The fraction of sp³-hybridized carbons (Fsp3) is 0.214. The summed E-state index contributed by atoms with van der Waals surface area (Å²) in [6.07, 6.45) is 0. The average Bonchev–Trinajstić information content (AvgIpc) is 2.86. The van der Waals surface area contributed by atoms with Crippen LogP contribution in [0, 0.1) is 0 Å². The molecule has 4 rings (SSSR count). The van der Waals surface area contributed by atoms with Crippen molar-refractivity contribution in [1.82, 2.24) is 0 Å². The Bertz CT molecular complexity index is 1230. The molecule has 0 saturated carbocycles. The fourth-order valence-corrected chi connectivity index (χ4v) is 3.55. The van der Waals surface area contributed by atoms with E-state index in [1.54, 1.807) is 28.1 Å². The first-order chi connectivity index (χ1) is 16.2. The summed E-state index contributed by atoms with van der Waals surface area (Å²) >= 11 is 0. The van der Waals surface area contributed by atoms with Crippen molar-refractivity contribution in [2.24, 2.45) is 0 Å². The molecular weight excluding hydrogens is 498 g/mol. The minimum atomic E-state index is -1.06. The van der Waals surface area contributed by atoms with Gasteiger partial charge in [-0.15, -0.1) is 0 Å². The second-order valence-electron chi connectivity index (χ2n) is 8.03. The normalized spacial score (nSPS) is 12.0. The summed E-state index contributed by atoms with van der Waals surface area (Å²) in [5, 5.41) is 25.7. The molecule has 0 heterocycles. The van der Waals surface area contributed by atoms with Crippen molar-refractivity contribution in [3.8, 4) is 11.5 Å². The molecule has 0 aliphatic heterocycles. The molecule has 2 atom stereocenters. The van der Waals surface area contributed by atoms with Gasteiger partial charge in [-0.05, 0) is 56.9 Å². The number of ether oxygens (including phenoxy) is 2. The first-order valence-electron chi connectivity index (χ1n) is 10.8. The van der Waals surface area contributed by atoms with Gasteiger partial charge in [-0.2, -0.15) is 0 Å². The molecule has 0 N–H and O–H groups in total. The number of methoxy groups -OCH3 is 2. The summed E-state index contributed by atoms with van der Waals surface area (Å²) in [6.45, 7) is 3.25. The summed E-state index contributed by atoms with van der Waals surface area (Å²) in [7, 11) is 3.24. The van der Waals surface area contributed by atoms with Crippen molar-refractivity contribution in [1.29, 1.82) is 0 Å². The van der Waals surface area contributed by atoms with Crippen molar-refractivity contribution in [2.45, 2.75) is 25.7 Å². The number of hydrogen-bond donors (Lipinski definition) is 0. The third-order valence-corrected chi connectivity index (χ3v) is 5.85. The van der Waals surface area contributed by atoms with Gasteiger partial charge in [-0.3, -0.25) is 0 Å². The summed E-state index contributed by atoms with van der Waals surface area (Å²) < 4.78 is 10.3. The number of hydrogen-bond acceptors (Lipinski definition) is 6. The van der Waals surface area contributed by atoms with E-state index in [1.165, 1.54) is 0 Å². The van der Waals surface area contributed by atoms with Crippen LogP contribution in [0.2, 0.25) is 0 Å². The van der Waals surface area contributed by atoms with E-state index >= 15 is 0 Å². The summed E-state index contributed by atoms with van der Waals surface area (Å²) in [4.78, 5) is 21.6. The van der Waals surface area contributed by atoms with Crippen LogP contribution in [0.15, 0.2) is 72.8 Å².